The molecule has 1 aliphatic heterocycles. The van der Waals surface area contributed by atoms with Gasteiger partial charge in [0.2, 0.25) is 10.0 Å². The van der Waals surface area contributed by atoms with Crippen LogP contribution in [-0.2, 0) is 23.0 Å². The van der Waals surface area contributed by atoms with E-state index in [1.165, 1.54) is 12.1 Å². The fourth-order valence-electron chi connectivity index (χ4n) is 5.96. The number of aromatic nitrogens is 4. The summed E-state index contributed by atoms with van der Waals surface area (Å²) in [5.74, 6) is 0.536. The lowest BCUT2D eigenvalue weighted by Crippen LogP contribution is -2.40. The van der Waals surface area contributed by atoms with Crippen LogP contribution in [0.2, 0.25) is 0 Å². The molecule has 0 bridgehead atoms. The molecule has 0 radical (unpaired) electrons. The van der Waals surface area contributed by atoms with Crippen LogP contribution in [0.15, 0.2) is 53.6 Å². The number of piperidine rings is 1. The van der Waals surface area contributed by atoms with E-state index in [4.69, 9.17) is 0 Å². The van der Waals surface area contributed by atoms with Gasteiger partial charge in [0.05, 0.1) is 16.8 Å². The van der Waals surface area contributed by atoms with Crippen molar-refractivity contribution in [3.8, 4) is 11.3 Å². The Labute approximate surface area is 259 Å². The molecule has 0 saturated carbocycles. The number of benzene rings is 2. The number of carbonyl (C=O) groups is 1. The first kappa shape index (κ1) is 32.0. The van der Waals surface area contributed by atoms with Gasteiger partial charge in [-0.15, -0.1) is 5.10 Å². The number of hydrogen-bond donors (Lipinski definition) is 2. The number of fused-ring (bicyclic) bond motifs is 1. The molecule has 2 N–H and O–H groups in total. The topological polar surface area (TPSA) is 113 Å². The van der Waals surface area contributed by atoms with Crippen molar-refractivity contribution in [1.29, 1.82) is 0 Å². The molecule has 44 heavy (non-hydrogen) atoms. The highest BCUT2D eigenvalue weighted by molar-refractivity contribution is 7.89. The standard InChI is InChI=1S/C33H43FN6O3S/c1-4-5-6-31(41)33-32(28-20-26(34)9-12-29(28)36-33)30-22-40(38-37-30)21-25-13-16-39(17-14-25)18-15-35-44(42,43)27-10-7-24(8-11-27)19-23(2)3/h7-12,20,22-23,25,35-36H,4-6,13-19,21H2,1-3H3. The number of rotatable bonds is 14. The van der Waals surface area contributed by atoms with Gasteiger partial charge in [-0.3, -0.25) is 9.48 Å². The monoisotopic (exact) mass is 622 g/mol. The third-order valence-electron chi connectivity index (χ3n) is 8.34. The summed E-state index contributed by atoms with van der Waals surface area (Å²) in [7, 11) is -3.54. The summed E-state index contributed by atoms with van der Waals surface area (Å²) in [6, 6.07) is 11.6. The molecule has 0 amide bonds. The van der Waals surface area contributed by atoms with Gasteiger partial charge < -0.3 is 9.88 Å². The van der Waals surface area contributed by atoms with Gasteiger partial charge in [0, 0.05) is 42.5 Å². The Morgan fingerprint density at radius 2 is 1.89 bits per heavy atom. The van der Waals surface area contributed by atoms with E-state index in [1.807, 2.05) is 29.9 Å². The summed E-state index contributed by atoms with van der Waals surface area (Å²) < 4.78 is 44.3. The molecule has 11 heteroatoms. The highest BCUT2D eigenvalue weighted by atomic mass is 32.2. The molecule has 2 aromatic heterocycles. The summed E-state index contributed by atoms with van der Waals surface area (Å²) in [6.45, 7) is 9.77. The van der Waals surface area contributed by atoms with Crippen LogP contribution in [0.25, 0.3) is 22.2 Å². The zero-order chi connectivity index (χ0) is 31.3. The molecule has 4 aromatic rings. The van der Waals surface area contributed by atoms with Gasteiger partial charge in [-0.25, -0.2) is 17.5 Å². The maximum atomic E-state index is 14.2. The third-order valence-corrected chi connectivity index (χ3v) is 9.82. The Bertz CT molecular complexity index is 1670. The second kappa shape index (κ2) is 14.1. The number of unbranched alkanes of at least 4 members (excludes halogenated alkanes) is 1. The van der Waals surface area contributed by atoms with Gasteiger partial charge in [-0.05, 0) is 86.5 Å². The molecule has 1 aliphatic rings. The molecule has 5 rings (SSSR count). The van der Waals surface area contributed by atoms with Gasteiger partial charge in [-0.2, -0.15) is 0 Å². The van der Waals surface area contributed by atoms with Gasteiger partial charge in [0.15, 0.2) is 5.78 Å². The average molecular weight is 623 g/mol. The van der Waals surface area contributed by atoms with Crippen LogP contribution in [0.1, 0.15) is 68.9 Å². The molecule has 0 unspecified atom stereocenters. The summed E-state index contributed by atoms with van der Waals surface area (Å²) in [5.41, 5.74) is 3.46. The normalized spacial score (nSPS) is 15.0. The molecule has 236 valence electrons. The number of sulfonamides is 1. The first-order chi connectivity index (χ1) is 21.1. The Balaban J connectivity index is 1.15. The number of Topliss-reactive ketones (excluding diaryl/α,β-unsaturated/α-hetero) is 1. The van der Waals surface area contributed by atoms with E-state index in [0.717, 1.165) is 50.8 Å². The number of nitrogens with zero attached hydrogens (tertiary/aromatic N) is 4. The van der Waals surface area contributed by atoms with Crippen molar-refractivity contribution < 1.29 is 17.6 Å². The predicted octanol–water partition coefficient (Wildman–Crippen LogP) is 5.83. The molecule has 2 aromatic carbocycles. The van der Waals surface area contributed by atoms with Crippen LogP contribution in [0.3, 0.4) is 0 Å². The Kier molecular flexibility index (Phi) is 10.3. The highest BCUT2D eigenvalue weighted by Crippen LogP contribution is 2.33. The third kappa shape index (κ3) is 7.80. The Morgan fingerprint density at radius 3 is 2.59 bits per heavy atom. The number of ketones is 1. The Hall–Kier alpha value is -3.41. The van der Waals surface area contributed by atoms with Gasteiger partial charge >= 0.3 is 0 Å². The van der Waals surface area contributed by atoms with Crippen LogP contribution in [0.5, 0.6) is 0 Å². The SMILES string of the molecule is CCCCC(=O)c1[nH]c2ccc(F)cc2c1-c1cn(CC2CCN(CCNS(=O)(=O)c3ccc(CC(C)C)cc3)CC2)nn1. The zero-order valence-electron chi connectivity index (χ0n) is 25.9. The van der Waals surface area contributed by atoms with E-state index in [9.17, 15) is 17.6 Å². The molecular weight excluding hydrogens is 579 g/mol. The lowest BCUT2D eigenvalue weighted by atomic mass is 9.97. The molecule has 1 fully saturated rings. The van der Waals surface area contributed by atoms with Crippen molar-refractivity contribution in [1.82, 2.24) is 29.6 Å². The van der Waals surface area contributed by atoms with E-state index in [-0.39, 0.29) is 11.6 Å². The van der Waals surface area contributed by atoms with E-state index in [0.29, 0.717) is 70.6 Å². The summed E-state index contributed by atoms with van der Waals surface area (Å²) >= 11 is 0. The van der Waals surface area contributed by atoms with Crippen molar-refractivity contribution in [2.75, 3.05) is 26.2 Å². The minimum Gasteiger partial charge on any atom is -0.352 e. The van der Waals surface area contributed by atoms with E-state index >= 15 is 0 Å². The number of carbonyl (C=O) groups excluding carboxylic acids is 1. The maximum Gasteiger partial charge on any atom is 0.240 e. The van der Waals surface area contributed by atoms with Gasteiger partial charge in [0.25, 0.3) is 0 Å². The summed E-state index contributed by atoms with van der Waals surface area (Å²) in [6.07, 6.45) is 6.79. The number of nitrogens with one attached hydrogen (secondary N) is 2. The fraction of sp³-hybridized carbons (Fsp3) is 0.485. The smallest absolute Gasteiger partial charge is 0.240 e. The molecule has 0 spiro atoms. The van der Waals surface area contributed by atoms with E-state index in [2.05, 4.69) is 38.8 Å². The van der Waals surface area contributed by atoms with E-state index in [1.54, 1.807) is 18.2 Å². The highest BCUT2D eigenvalue weighted by Gasteiger charge is 2.24. The zero-order valence-corrected chi connectivity index (χ0v) is 26.7. The summed E-state index contributed by atoms with van der Waals surface area (Å²) in [5, 5.41) is 9.38. The minimum absolute atomic E-state index is 0.0118. The molecular formula is C33H43FN6O3S. The molecule has 1 saturated heterocycles. The number of hydrogen-bond acceptors (Lipinski definition) is 6. The van der Waals surface area contributed by atoms with Crippen LogP contribution in [0.4, 0.5) is 4.39 Å². The summed E-state index contributed by atoms with van der Waals surface area (Å²) in [4.78, 5) is 18.8. The predicted molar refractivity (Wildman–Crippen MR) is 170 cm³/mol. The number of aromatic amines is 1. The number of H-pyrrole nitrogens is 1. The molecule has 0 atom stereocenters. The van der Waals surface area contributed by atoms with Crippen molar-refractivity contribution in [3.63, 3.8) is 0 Å². The molecule has 9 nitrogen and oxygen atoms in total. The Morgan fingerprint density at radius 1 is 1.14 bits per heavy atom. The van der Waals surface area contributed by atoms with Crippen LogP contribution in [0, 0.1) is 17.7 Å². The largest absolute Gasteiger partial charge is 0.352 e. The molecule has 3 heterocycles. The number of halogens is 1. The van der Waals surface area contributed by atoms with Gasteiger partial charge in [0.1, 0.15) is 11.5 Å². The van der Waals surface area contributed by atoms with Crippen LogP contribution < -0.4 is 4.72 Å². The van der Waals surface area contributed by atoms with Crippen molar-refractivity contribution >= 4 is 26.7 Å². The maximum absolute atomic E-state index is 14.2. The first-order valence-corrected chi connectivity index (χ1v) is 17.2. The lowest BCUT2D eigenvalue weighted by Gasteiger charge is -2.31. The average Bonchev–Trinajstić information content (AvgIpc) is 3.60. The second-order valence-corrected chi connectivity index (χ2v) is 14.1. The quantitative estimate of drug-likeness (QED) is 0.171. The van der Waals surface area contributed by atoms with Crippen molar-refractivity contribution in [2.24, 2.45) is 11.8 Å². The van der Waals surface area contributed by atoms with E-state index < -0.39 is 10.0 Å². The fourth-order valence-corrected chi connectivity index (χ4v) is 6.98. The lowest BCUT2D eigenvalue weighted by molar-refractivity contribution is 0.0976. The van der Waals surface area contributed by atoms with Crippen molar-refractivity contribution in [3.05, 3.63) is 65.7 Å². The molecule has 0 aliphatic carbocycles. The van der Waals surface area contributed by atoms with Crippen molar-refractivity contribution in [2.45, 2.75) is 70.7 Å². The second-order valence-electron chi connectivity index (χ2n) is 12.3. The van der Waals surface area contributed by atoms with Gasteiger partial charge in [-0.1, -0.05) is 44.5 Å². The van der Waals surface area contributed by atoms with Crippen LogP contribution in [-0.4, -0.2) is 65.3 Å². The minimum atomic E-state index is -3.54. The number of likely N-dealkylation sites (tertiary alicyclic amines) is 1. The van der Waals surface area contributed by atoms with Crippen LogP contribution >= 0.6 is 0 Å². The first-order valence-electron chi connectivity index (χ1n) is 15.7.